The van der Waals surface area contributed by atoms with Gasteiger partial charge in [-0.05, 0) is 25.0 Å². The fraction of sp³-hybridized carbons (Fsp3) is 0.467. The minimum atomic E-state index is -0.116. The Kier molecular flexibility index (Phi) is 4.43. The summed E-state index contributed by atoms with van der Waals surface area (Å²) in [4.78, 5) is 14.1. The molecular formula is C15H19N3O4. The molecule has 1 aliphatic heterocycles. The van der Waals surface area contributed by atoms with Crippen LogP contribution in [0.5, 0.6) is 0 Å². The van der Waals surface area contributed by atoms with Crippen LogP contribution in [0.2, 0.25) is 0 Å². The summed E-state index contributed by atoms with van der Waals surface area (Å²) in [6, 6.07) is 5.40. The summed E-state index contributed by atoms with van der Waals surface area (Å²) in [5, 5.41) is 6.63. The van der Waals surface area contributed by atoms with Gasteiger partial charge in [-0.1, -0.05) is 5.16 Å². The van der Waals surface area contributed by atoms with E-state index in [9.17, 15) is 4.79 Å². The van der Waals surface area contributed by atoms with Crippen molar-refractivity contribution in [2.75, 3.05) is 13.7 Å². The lowest BCUT2D eigenvalue weighted by Gasteiger charge is -2.23. The van der Waals surface area contributed by atoms with E-state index < -0.39 is 0 Å². The molecule has 3 heterocycles. The third kappa shape index (κ3) is 3.14. The summed E-state index contributed by atoms with van der Waals surface area (Å²) >= 11 is 0. The normalized spacial score (nSPS) is 17.9. The number of carbonyl (C=O) groups is 1. The third-order valence-corrected chi connectivity index (χ3v) is 3.72. The second-order valence-electron chi connectivity index (χ2n) is 5.24. The lowest BCUT2D eigenvalue weighted by atomic mass is 10.2. The Morgan fingerprint density at radius 2 is 2.41 bits per heavy atom. The van der Waals surface area contributed by atoms with Crippen LogP contribution in [0.3, 0.4) is 0 Å². The molecule has 7 heteroatoms. The van der Waals surface area contributed by atoms with Crippen molar-refractivity contribution in [1.29, 1.82) is 0 Å². The average Bonchev–Trinajstić information content (AvgIpc) is 3.25. The topological polar surface area (TPSA) is 80.7 Å². The number of urea groups is 1. The Morgan fingerprint density at radius 1 is 1.50 bits per heavy atom. The molecule has 3 rings (SSSR count). The number of likely N-dealkylation sites (tertiary alicyclic amines) is 1. The monoisotopic (exact) mass is 305 g/mol. The molecule has 1 fully saturated rings. The summed E-state index contributed by atoms with van der Waals surface area (Å²) < 4.78 is 15.6. The molecule has 22 heavy (non-hydrogen) atoms. The molecule has 7 nitrogen and oxygen atoms in total. The SMILES string of the molecule is COCc1ccc([C@H]2CCCN2C(=O)NCc2ccon2)o1. The Balaban J connectivity index is 1.62. The molecule has 0 aliphatic carbocycles. The molecule has 0 radical (unpaired) electrons. The van der Waals surface area contributed by atoms with E-state index in [0.717, 1.165) is 30.9 Å². The molecule has 0 unspecified atom stereocenters. The van der Waals surface area contributed by atoms with E-state index in [0.29, 0.717) is 18.8 Å². The first kappa shape index (κ1) is 14.6. The highest BCUT2D eigenvalue weighted by atomic mass is 16.5. The van der Waals surface area contributed by atoms with Crippen LogP contribution in [0.4, 0.5) is 4.79 Å². The van der Waals surface area contributed by atoms with Crippen molar-refractivity contribution in [3.63, 3.8) is 0 Å². The Hall–Kier alpha value is -2.28. The average molecular weight is 305 g/mol. The number of amides is 2. The molecule has 1 N–H and O–H groups in total. The van der Waals surface area contributed by atoms with Gasteiger partial charge in [0.25, 0.3) is 0 Å². The van der Waals surface area contributed by atoms with Gasteiger partial charge in [0, 0.05) is 19.7 Å². The van der Waals surface area contributed by atoms with Gasteiger partial charge in [0.2, 0.25) is 0 Å². The van der Waals surface area contributed by atoms with E-state index >= 15 is 0 Å². The number of methoxy groups -OCH3 is 1. The van der Waals surface area contributed by atoms with Gasteiger partial charge in [-0.3, -0.25) is 0 Å². The number of rotatable bonds is 5. The number of ether oxygens (including phenoxy) is 1. The first-order chi connectivity index (χ1) is 10.8. The molecule has 0 saturated carbocycles. The predicted octanol–water partition coefficient (Wildman–Crippen LogP) is 2.46. The summed E-state index contributed by atoms with van der Waals surface area (Å²) in [5.41, 5.74) is 0.699. The molecule has 118 valence electrons. The smallest absolute Gasteiger partial charge is 0.318 e. The number of hydrogen-bond donors (Lipinski definition) is 1. The zero-order valence-electron chi connectivity index (χ0n) is 12.4. The molecular weight excluding hydrogens is 286 g/mol. The van der Waals surface area contributed by atoms with Gasteiger partial charge in [-0.2, -0.15) is 0 Å². The molecule has 0 aromatic carbocycles. The lowest BCUT2D eigenvalue weighted by Crippen LogP contribution is -2.39. The minimum Gasteiger partial charge on any atom is -0.461 e. The molecule has 2 aromatic rings. The summed E-state index contributed by atoms with van der Waals surface area (Å²) in [5.74, 6) is 1.58. The summed E-state index contributed by atoms with van der Waals surface area (Å²) in [7, 11) is 1.63. The van der Waals surface area contributed by atoms with E-state index in [1.165, 1.54) is 6.26 Å². The van der Waals surface area contributed by atoms with Gasteiger partial charge in [0.05, 0.1) is 12.6 Å². The third-order valence-electron chi connectivity index (χ3n) is 3.72. The van der Waals surface area contributed by atoms with Crippen LogP contribution in [-0.4, -0.2) is 29.7 Å². The highest BCUT2D eigenvalue weighted by Gasteiger charge is 2.32. The van der Waals surface area contributed by atoms with Crippen molar-refractivity contribution >= 4 is 6.03 Å². The maximum absolute atomic E-state index is 12.3. The molecule has 2 amide bonds. The van der Waals surface area contributed by atoms with Gasteiger partial charge >= 0.3 is 6.03 Å². The first-order valence-electron chi connectivity index (χ1n) is 7.29. The van der Waals surface area contributed by atoms with Crippen molar-refractivity contribution in [2.24, 2.45) is 0 Å². The Morgan fingerprint density at radius 3 is 3.18 bits per heavy atom. The zero-order valence-corrected chi connectivity index (χ0v) is 12.4. The second-order valence-corrected chi connectivity index (χ2v) is 5.24. The van der Waals surface area contributed by atoms with E-state index in [2.05, 4.69) is 10.5 Å². The summed E-state index contributed by atoms with van der Waals surface area (Å²) in [6.45, 7) is 1.51. The Bertz CT molecular complexity index is 608. The van der Waals surface area contributed by atoms with E-state index in [-0.39, 0.29) is 12.1 Å². The molecule has 0 spiro atoms. The van der Waals surface area contributed by atoms with E-state index in [1.807, 2.05) is 12.1 Å². The number of carbonyl (C=O) groups excluding carboxylic acids is 1. The molecule has 0 bridgehead atoms. The number of nitrogens with one attached hydrogen (secondary N) is 1. The van der Waals surface area contributed by atoms with Crippen LogP contribution in [0.25, 0.3) is 0 Å². The second kappa shape index (κ2) is 6.65. The van der Waals surface area contributed by atoms with E-state index in [4.69, 9.17) is 13.7 Å². The van der Waals surface area contributed by atoms with Crippen molar-refractivity contribution < 1.29 is 18.5 Å². The van der Waals surface area contributed by atoms with Crippen LogP contribution >= 0.6 is 0 Å². The van der Waals surface area contributed by atoms with Gasteiger partial charge in [0.15, 0.2) is 0 Å². The molecule has 1 aliphatic rings. The van der Waals surface area contributed by atoms with Crippen LogP contribution in [0.15, 0.2) is 33.4 Å². The van der Waals surface area contributed by atoms with Gasteiger partial charge < -0.3 is 23.9 Å². The van der Waals surface area contributed by atoms with Gasteiger partial charge in [-0.15, -0.1) is 0 Å². The van der Waals surface area contributed by atoms with Crippen molar-refractivity contribution in [3.05, 3.63) is 41.7 Å². The van der Waals surface area contributed by atoms with E-state index in [1.54, 1.807) is 18.1 Å². The van der Waals surface area contributed by atoms with Gasteiger partial charge in [-0.25, -0.2) is 4.79 Å². The number of hydrogen-bond acceptors (Lipinski definition) is 5. The standard InChI is InChI=1S/C15H19N3O4/c1-20-10-12-4-5-14(22-12)13-3-2-7-18(13)15(19)16-9-11-6-8-21-17-11/h4-6,8,13H,2-3,7,9-10H2,1H3,(H,16,19)/t13-/m1/s1. The van der Waals surface area contributed by atoms with Crippen molar-refractivity contribution in [1.82, 2.24) is 15.4 Å². The lowest BCUT2D eigenvalue weighted by molar-refractivity contribution is 0.156. The van der Waals surface area contributed by atoms with Crippen molar-refractivity contribution in [2.45, 2.75) is 32.0 Å². The molecule has 1 atom stereocenters. The highest BCUT2D eigenvalue weighted by molar-refractivity contribution is 5.75. The maximum Gasteiger partial charge on any atom is 0.318 e. The number of furan rings is 1. The largest absolute Gasteiger partial charge is 0.461 e. The first-order valence-corrected chi connectivity index (χ1v) is 7.29. The predicted molar refractivity (Wildman–Crippen MR) is 76.8 cm³/mol. The van der Waals surface area contributed by atoms with Crippen LogP contribution in [0, 0.1) is 0 Å². The van der Waals surface area contributed by atoms with Crippen LogP contribution in [0.1, 0.15) is 36.1 Å². The number of nitrogens with zero attached hydrogens (tertiary/aromatic N) is 2. The summed E-state index contributed by atoms with van der Waals surface area (Å²) in [6.07, 6.45) is 3.35. The minimum absolute atomic E-state index is 0.0251. The fourth-order valence-corrected chi connectivity index (χ4v) is 2.70. The Labute approximate surface area is 128 Å². The molecule has 1 saturated heterocycles. The quantitative estimate of drug-likeness (QED) is 0.917. The van der Waals surface area contributed by atoms with Crippen LogP contribution < -0.4 is 5.32 Å². The maximum atomic E-state index is 12.3. The van der Waals surface area contributed by atoms with Crippen molar-refractivity contribution in [3.8, 4) is 0 Å². The highest BCUT2D eigenvalue weighted by Crippen LogP contribution is 2.33. The zero-order chi connectivity index (χ0) is 15.4. The fourth-order valence-electron chi connectivity index (χ4n) is 2.70. The van der Waals surface area contributed by atoms with Crippen LogP contribution in [-0.2, 0) is 17.9 Å². The molecule has 2 aromatic heterocycles. The van der Waals surface area contributed by atoms with Gasteiger partial charge in [0.1, 0.15) is 30.1 Å². The number of aromatic nitrogens is 1.